The third kappa shape index (κ3) is 2.45. The van der Waals surface area contributed by atoms with Gasteiger partial charge in [0.05, 0.1) is 9.64 Å². The Labute approximate surface area is 103 Å². The Morgan fingerprint density at radius 1 is 1.46 bits per heavy atom. The fraction of sp³-hybridized carbons (Fsp3) is 0.125. The number of nitrogens with two attached hydrogens (primary N) is 1. The summed E-state index contributed by atoms with van der Waals surface area (Å²) in [5, 5.41) is 18.2. The van der Waals surface area contributed by atoms with Gasteiger partial charge in [-0.05, 0) is 57.3 Å². The molecule has 1 rings (SSSR count). The van der Waals surface area contributed by atoms with E-state index in [9.17, 15) is 5.11 Å². The maximum atomic E-state index is 9.58. The number of hydrogen-bond donors (Lipinski definition) is 2. The molecule has 0 fully saturated rings. The molecule has 0 spiro atoms. The molecule has 0 saturated heterocycles. The molecule has 5 heteroatoms. The fourth-order valence-electron chi connectivity index (χ4n) is 0.893. The van der Waals surface area contributed by atoms with Gasteiger partial charge in [0.2, 0.25) is 0 Å². The number of halogens is 2. The predicted octanol–water partition coefficient (Wildman–Crippen LogP) is 2.12. The van der Waals surface area contributed by atoms with Gasteiger partial charge >= 0.3 is 0 Å². The van der Waals surface area contributed by atoms with Crippen molar-refractivity contribution in [2.24, 2.45) is 5.73 Å². The first-order chi connectivity index (χ1) is 6.06. The second kappa shape index (κ2) is 4.43. The first-order valence-corrected chi connectivity index (χ1v) is 5.55. The van der Waals surface area contributed by atoms with Crippen LogP contribution < -0.4 is 5.73 Å². The zero-order valence-electron chi connectivity index (χ0n) is 6.46. The second-order valence-corrected chi connectivity index (χ2v) is 4.84. The van der Waals surface area contributed by atoms with E-state index < -0.39 is 6.04 Å². The van der Waals surface area contributed by atoms with Gasteiger partial charge in [-0.3, -0.25) is 0 Å². The summed E-state index contributed by atoms with van der Waals surface area (Å²) in [6.07, 6.45) is 0. The Morgan fingerprint density at radius 3 is 2.62 bits per heavy atom. The molecule has 68 valence electrons. The molecule has 0 aromatic heterocycles. The molecular formula is C8H6I2N2O. The summed E-state index contributed by atoms with van der Waals surface area (Å²) in [6.45, 7) is 0. The number of benzene rings is 1. The lowest BCUT2D eigenvalue weighted by molar-refractivity contribution is 0.462. The summed E-state index contributed by atoms with van der Waals surface area (Å²) in [7, 11) is 0. The third-order valence-electron chi connectivity index (χ3n) is 1.53. The van der Waals surface area contributed by atoms with Crippen molar-refractivity contribution in [1.82, 2.24) is 0 Å². The lowest BCUT2D eigenvalue weighted by Gasteiger charge is -2.08. The van der Waals surface area contributed by atoms with E-state index in [1.807, 2.05) is 34.7 Å². The molecule has 0 heterocycles. The average Bonchev–Trinajstić information content (AvgIpc) is 2.10. The van der Waals surface area contributed by atoms with Crippen LogP contribution in [0.3, 0.4) is 0 Å². The molecule has 0 amide bonds. The molecule has 0 radical (unpaired) electrons. The molecule has 13 heavy (non-hydrogen) atoms. The Bertz CT molecular complexity index is 373. The number of phenolic OH excluding ortho intramolecular Hbond substituents is 1. The lowest BCUT2D eigenvalue weighted by atomic mass is 10.1. The quantitative estimate of drug-likeness (QED) is 0.710. The lowest BCUT2D eigenvalue weighted by Crippen LogP contribution is -2.08. The normalized spacial score (nSPS) is 12.2. The van der Waals surface area contributed by atoms with Crippen LogP contribution in [-0.4, -0.2) is 5.11 Å². The summed E-state index contributed by atoms with van der Waals surface area (Å²) in [5.74, 6) is 0.107. The number of hydrogen-bond acceptors (Lipinski definition) is 3. The fourth-order valence-corrected chi connectivity index (χ4v) is 2.78. The van der Waals surface area contributed by atoms with Gasteiger partial charge in [-0.1, -0.05) is 0 Å². The number of rotatable bonds is 1. The molecule has 0 aliphatic heterocycles. The van der Waals surface area contributed by atoms with E-state index in [1.165, 1.54) is 0 Å². The van der Waals surface area contributed by atoms with Crippen molar-refractivity contribution < 1.29 is 5.11 Å². The highest BCUT2D eigenvalue weighted by Gasteiger charge is 2.13. The Morgan fingerprint density at radius 2 is 2.08 bits per heavy atom. The number of phenols is 1. The van der Waals surface area contributed by atoms with Gasteiger partial charge in [-0.25, -0.2) is 0 Å². The SMILES string of the molecule is N#C[C@H](N)c1cc(I)cc(I)c1O. The van der Waals surface area contributed by atoms with E-state index in [-0.39, 0.29) is 5.75 Å². The van der Waals surface area contributed by atoms with Gasteiger partial charge in [0.1, 0.15) is 11.8 Å². The van der Waals surface area contributed by atoms with Crippen LogP contribution in [0.25, 0.3) is 0 Å². The standard InChI is InChI=1S/C8H6I2N2O/c9-4-1-5(7(12)3-11)8(13)6(10)2-4/h1-2,7,13H,12H2/t7-/m0/s1. The van der Waals surface area contributed by atoms with Crippen LogP contribution in [0.2, 0.25) is 0 Å². The van der Waals surface area contributed by atoms with Crippen molar-refractivity contribution in [3.63, 3.8) is 0 Å². The highest BCUT2D eigenvalue weighted by atomic mass is 127. The largest absolute Gasteiger partial charge is 0.506 e. The van der Waals surface area contributed by atoms with E-state index in [1.54, 1.807) is 6.07 Å². The summed E-state index contributed by atoms with van der Waals surface area (Å²) < 4.78 is 1.67. The van der Waals surface area contributed by atoms with Crippen molar-refractivity contribution in [2.45, 2.75) is 6.04 Å². The van der Waals surface area contributed by atoms with Gasteiger partial charge in [-0.2, -0.15) is 5.26 Å². The zero-order chi connectivity index (χ0) is 10.0. The van der Waals surface area contributed by atoms with Crippen LogP contribution in [0.15, 0.2) is 12.1 Å². The molecular weight excluding hydrogens is 394 g/mol. The summed E-state index contributed by atoms with van der Waals surface area (Å²) >= 11 is 4.12. The Balaban J connectivity index is 3.30. The van der Waals surface area contributed by atoms with Crippen LogP contribution in [0.5, 0.6) is 5.75 Å². The molecule has 3 nitrogen and oxygen atoms in total. The minimum atomic E-state index is -0.761. The van der Waals surface area contributed by atoms with Crippen LogP contribution >= 0.6 is 45.2 Å². The van der Waals surface area contributed by atoms with Crippen molar-refractivity contribution in [3.05, 3.63) is 24.8 Å². The monoisotopic (exact) mass is 400 g/mol. The first kappa shape index (κ1) is 11.0. The average molecular weight is 400 g/mol. The Hall–Kier alpha value is -0.0700. The van der Waals surface area contributed by atoms with Crippen molar-refractivity contribution >= 4 is 45.2 Å². The number of nitriles is 1. The summed E-state index contributed by atoms with van der Waals surface area (Å²) in [4.78, 5) is 0. The molecule has 0 saturated carbocycles. The highest BCUT2D eigenvalue weighted by Crippen LogP contribution is 2.30. The van der Waals surface area contributed by atoms with Gasteiger partial charge in [0, 0.05) is 9.13 Å². The predicted molar refractivity (Wildman–Crippen MR) is 66.1 cm³/mol. The minimum absolute atomic E-state index is 0.107. The van der Waals surface area contributed by atoms with Crippen LogP contribution in [0, 0.1) is 18.5 Å². The molecule has 3 N–H and O–H groups in total. The molecule has 0 aliphatic carbocycles. The van der Waals surface area contributed by atoms with E-state index in [0.717, 1.165) is 3.57 Å². The van der Waals surface area contributed by atoms with Crippen molar-refractivity contribution in [2.75, 3.05) is 0 Å². The number of aromatic hydroxyl groups is 1. The van der Waals surface area contributed by atoms with Crippen LogP contribution in [0.4, 0.5) is 0 Å². The molecule has 0 aliphatic rings. The molecule has 1 aromatic carbocycles. The Kier molecular flexibility index (Phi) is 3.75. The summed E-state index contributed by atoms with van der Waals surface area (Å²) in [5.41, 5.74) is 5.99. The van der Waals surface area contributed by atoms with Crippen molar-refractivity contribution in [3.8, 4) is 11.8 Å². The van der Waals surface area contributed by atoms with E-state index in [0.29, 0.717) is 9.13 Å². The smallest absolute Gasteiger partial charge is 0.134 e. The van der Waals surface area contributed by atoms with Crippen LogP contribution in [-0.2, 0) is 0 Å². The summed E-state index contributed by atoms with van der Waals surface area (Å²) in [6, 6.07) is 4.66. The van der Waals surface area contributed by atoms with Gasteiger partial charge in [-0.15, -0.1) is 0 Å². The maximum absolute atomic E-state index is 9.58. The third-order valence-corrected chi connectivity index (χ3v) is 2.98. The van der Waals surface area contributed by atoms with Gasteiger partial charge < -0.3 is 10.8 Å². The second-order valence-electron chi connectivity index (χ2n) is 2.43. The van der Waals surface area contributed by atoms with Gasteiger partial charge in [0.15, 0.2) is 0 Å². The maximum Gasteiger partial charge on any atom is 0.134 e. The molecule has 1 aromatic rings. The minimum Gasteiger partial charge on any atom is -0.506 e. The van der Waals surface area contributed by atoms with E-state index in [4.69, 9.17) is 11.0 Å². The number of nitrogens with zero attached hydrogens (tertiary/aromatic N) is 1. The van der Waals surface area contributed by atoms with Crippen molar-refractivity contribution in [1.29, 1.82) is 5.26 Å². The molecule has 0 unspecified atom stereocenters. The van der Waals surface area contributed by atoms with Gasteiger partial charge in [0.25, 0.3) is 0 Å². The molecule has 0 bridgehead atoms. The van der Waals surface area contributed by atoms with Crippen LogP contribution in [0.1, 0.15) is 11.6 Å². The first-order valence-electron chi connectivity index (χ1n) is 3.39. The van der Waals surface area contributed by atoms with E-state index in [2.05, 4.69) is 22.6 Å². The molecule has 1 atom stereocenters. The topological polar surface area (TPSA) is 70.0 Å². The highest BCUT2D eigenvalue weighted by molar-refractivity contribution is 14.1. The zero-order valence-corrected chi connectivity index (χ0v) is 10.8. The van der Waals surface area contributed by atoms with E-state index >= 15 is 0 Å².